The summed E-state index contributed by atoms with van der Waals surface area (Å²) in [5.41, 5.74) is 2.71. The number of rotatable bonds is 6. The summed E-state index contributed by atoms with van der Waals surface area (Å²) in [5, 5.41) is 6.85. The fourth-order valence-corrected chi connectivity index (χ4v) is 2.57. The van der Waals surface area contributed by atoms with E-state index in [1.807, 2.05) is 13.8 Å². The van der Waals surface area contributed by atoms with Crippen LogP contribution < -0.4 is 10.7 Å². The lowest BCUT2D eigenvalue weighted by Crippen LogP contribution is -2.48. The molecule has 1 aromatic carbocycles. The first-order chi connectivity index (χ1) is 11.9. The summed E-state index contributed by atoms with van der Waals surface area (Å²) < 4.78 is 5.80. The minimum atomic E-state index is -0.760. The van der Waals surface area contributed by atoms with Gasteiger partial charge in [0.05, 0.1) is 16.8 Å². The molecule has 0 aliphatic heterocycles. The van der Waals surface area contributed by atoms with Gasteiger partial charge < -0.3 is 9.73 Å². The molecule has 2 N–H and O–H groups in total. The Kier molecular flexibility index (Phi) is 6.78. The average Bonchev–Trinajstić information content (AvgIpc) is 2.97. The Morgan fingerprint density at radius 1 is 1.24 bits per heavy atom. The molecule has 8 heteroatoms. The molecule has 0 fully saturated rings. The van der Waals surface area contributed by atoms with Gasteiger partial charge in [0, 0.05) is 0 Å². The van der Waals surface area contributed by atoms with Crippen molar-refractivity contribution in [2.45, 2.75) is 19.9 Å². The lowest BCUT2D eigenvalue weighted by molar-refractivity contribution is -0.123. The minimum absolute atomic E-state index is 0.139. The Labute approximate surface area is 158 Å². The third-order valence-corrected chi connectivity index (χ3v) is 4.07. The predicted molar refractivity (Wildman–Crippen MR) is 99.7 cm³/mol. The van der Waals surface area contributed by atoms with Crippen molar-refractivity contribution in [3.8, 4) is 0 Å². The van der Waals surface area contributed by atoms with E-state index >= 15 is 0 Å². The fraction of sp³-hybridized carbons (Fsp3) is 0.235. The molecular formula is C17H17BrClN3O3. The van der Waals surface area contributed by atoms with Crippen LogP contribution in [0.4, 0.5) is 0 Å². The van der Waals surface area contributed by atoms with Crippen molar-refractivity contribution in [3.05, 3.63) is 57.4 Å². The lowest BCUT2D eigenvalue weighted by atomic mass is 10.0. The maximum atomic E-state index is 12.3. The van der Waals surface area contributed by atoms with E-state index in [0.717, 1.165) is 0 Å². The van der Waals surface area contributed by atoms with E-state index in [9.17, 15) is 9.59 Å². The molecule has 0 aliphatic rings. The van der Waals surface area contributed by atoms with Crippen LogP contribution in [0.2, 0.25) is 5.02 Å². The van der Waals surface area contributed by atoms with Gasteiger partial charge in [0.1, 0.15) is 11.8 Å². The summed E-state index contributed by atoms with van der Waals surface area (Å²) in [6.45, 7) is 3.65. The van der Waals surface area contributed by atoms with Gasteiger partial charge >= 0.3 is 0 Å². The molecule has 0 saturated heterocycles. The SMILES string of the molecule is CC(C)C(NC(=O)c1ccccc1Cl)C(=O)N/N=C\c1ccc(Br)o1. The molecule has 2 rings (SSSR count). The zero-order chi connectivity index (χ0) is 18.4. The third kappa shape index (κ3) is 5.44. The summed E-state index contributed by atoms with van der Waals surface area (Å²) in [6.07, 6.45) is 1.37. The number of hydrazone groups is 1. The van der Waals surface area contributed by atoms with Crippen molar-refractivity contribution in [2.75, 3.05) is 0 Å². The number of nitrogens with one attached hydrogen (secondary N) is 2. The topological polar surface area (TPSA) is 83.7 Å². The van der Waals surface area contributed by atoms with Gasteiger partial charge in [-0.2, -0.15) is 5.10 Å². The molecule has 2 aromatic rings. The van der Waals surface area contributed by atoms with E-state index in [1.54, 1.807) is 36.4 Å². The summed E-state index contributed by atoms with van der Waals surface area (Å²) in [7, 11) is 0. The maximum absolute atomic E-state index is 12.3. The highest BCUT2D eigenvalue weighted by atomic mass is 79.9. The molecule has 132 valence electrons. The van der Waals surface area contributed by atoms with E-state index in [4.69, 9.17) is 16.0 Å². The number of hydrogen-bond acceptors (Lipinski definition) is 4. The third-order valence-electron chi connectivity index (χ3n) is 3.31. The monoisotopic (exact) mass is 425 g/mol. The van der Waals surface area contributed by atoms with Crippen LogP contribution >= 0.6 is 27.5 Å². The second-order valence-corrected chi connectivity index (χ2v) is 6.74. The number of carbonyl (C=O) groups is 2. The van der Waals surface area contributed by atoms with Crippen molar-refractivity contribution in [2.24, 2.45) is 11.0 Å². The second-order valence-electron chi connectivity index (χ2n) is 5.55. The number of nitrogens with zero attached hydrogens (tertiary/aromatic N) is 1. The Morgan fingerprint density at radius 3 is 2.56 bits per heavy atom. The van der Waals surface area contributed by atoms with Gasteiger partial charge in [-0.25, -0.2) is 5.43 Å². The molecular weight excluding hydrogens is 410 g/mol. The first-order valence-electron chi connectivity index (χ1n) is 7.52. The number of benzene rings is 1. The molecule has 1 atom stereocenters. The number of amides is 2. The van der Waals surface area contributed by atoms with Crippen molar-refractivity contribution in [1.82, 2.24) is 10.7 Å². The quantitative estimate of drug-likeness (QED) is 0.547. The minimum Gasteiger partial charge on any atom is -0.448 e. The lowest BCUT2D eigenvalue weighted by Gasteiger charge is -2.20. The van der Waals surface area contributed by atoms with Crippen LogP contribution in [-0.2, 0) is 4.79 Å². The predicted octanol–water partition coefficient (Wildman–Crippen LogP) is 3.60. The Bertz CT molecular complexity index is 789. The second kappa shape index (κ2) is 8.82. The van der Waals surface area contributed by atoms with Gasteiger partial charge in [-0.3, -0.25) is 9.59 Å². The molecule has 1 unspecified atom stereocenters. The van der Waals surface area contributed by atoms with Gasteiger partial charge in [0.2, 0.25) is 0 Å². The zero-order valence-corrected chi connectivity index (χ0v) is 16.0. The normalized spacial score (nSPS) is 12.4. The van der Waals surface area contributed by atoms with Crippen LogP contribution in [0.3, 0.4) is 0 Å². The van der Waals surface area contributed by atoms with E-state index in [-0.39, 0.29) is 5.92 Å². The van der Waals surface area contributed by atoms with Gasteiger partial charge in [-0.1, -0.05) is 37.6 Å². The molecule has 1 aromatic heterocycles. The zero-order valence-electron chi connectivity index (χ0n) is 13.6. The van der Waals surface area contributed by atoms with Crippen molar-refractivity contribution < 1.29 is 14.0 Å². The first-order valence-corrected chi connectivity index (χ1v) is 8.69. The summed E-state index contributed by atoms with van der Waals surface area (Å²) in [6, 6.07) is 9.30. The highest BCUT2D eigenvalue weighted by molar-refractivity contribution is 9.10. The van der Waals surface area contributed by atoms with E-state index in [2.05, 4.69) is 31.8 Å². The number of hydrogen-bond donors (Lipinski definition) is 2. The van der Waals surface area contributed by atoms with Crippen LogP contribution in [0.15, 0.2) is 50.6 Å². The summed E-state index contributed by atoms with van der Waals surface area (Å²) in [4.78, 5) is 24.7. The van der Waals surface area contributed by atoms with Crippen molar-refractivity contribution in [3.63, 3.8) is 0 Å². The molecule has 2 amide bonds. The highest BCUT2D eigenvalue weighted by Gasteiger charge is 2.25. The molecule has 25 heavy (non-hydrogen) atoms. The van der Waals surface area contributed by atoms with E-state index in [1.165, 1.54) is 6.21 Å². The smallest absolute Gasteiger partial charge is 0.262 e. The fourth-order valence-electron chi connectivity index (χ4n) is 2.03. The van der Waals surface area contributed by atoms with Crippen LogP contribution in [0.1, 0.15) is 30.0 Å². The van der Waals surface area contributed by atoms with Gasteiger partial charge in [0.25, 0.3) is 11.8 Å². The van der Waals surface area contributed by atoms with E-state index < -0.39 is 17.9 Å². The van der Waals surface area contributed by atoms with Crippen LogP contribution in [-0.4, -0.2) is 24.1 Å². The van der Waals surface area contributed by atoms with Crippen LogP contribution in [0, 0.1) is 5.92 Å². The summed E-state index contributed by atoms with van der Waals surface area (Å²) in [5.74, 6) is -0.511. The van der Waals surface area contributed by atoms with Gasteiger partial charge in [-0.05, 0) is 46.1 Å². The molecule has 0 spiro atoms. The molecule has 0 radical (unpaired) electrons. The van der Waals surface area contributed by atoms with Crippen LogP contribution in [0.25, 0.3) is 0 Å². The average molecular weight is 427 g/mol. The maximum Gasteiger partial charge on any atom is 0.262 e. The largest absolute Gasteiger partial charge is 0.448 e. The molecule has 0 saturated carbocycles. The number of halogens is 2. The Balaban J connectivity index is 2.02. The van der Waals surface area contributed by atoms with E-state index in [0.29, 0.717) is 21.0 Å². The number of furan rings is 1. The molecule has 1 heterocycles. The Hall–Kier alpha value is -2.12. The standard InChI is InChI=1S/C17H17BrClN3O3/c1-10(2)15(21-16(23)12-5-3-4-6-13(12)19)17(24)22-20-9-11-7-8-14(18)25-11/h3-10,15H,1-2H3,(H,21,23)(H,22,24)/b20-9-. The van der Waals surface area contributed by atoms with Crippen molar-refractivity contribution >= 4 is 45.6 Å². The summed E-state index contributed by atoms with van der Waals surface area (Å²) >= 11 is 9.19. The molecule has 6 nitrogen and oxygen atoms in total. The highest BCUT2D eigenvalue weighted by Crippen LogP contribution is 2.15. The number of carbonyl (C=O) groups excluding carboxylic acids is 2. The molecule has 0 bridgehead atoms. The van der Waals surface area contributed by atoms with Crippen LogP contribution in [0.5, 0.6) is 0 Å². The first kappa shape index (κ1) is 19.2. The molecule has 0 aliphatic carbocycles. The van der Waals surface area contributed by atoms with Gasteiger partial charge in [0.15, 0.2) is 4.67 Å². The van der Waals surface area contributed by atoms with Crippen molar-refractivity contribution in [1.29, 1.82) is 0 Å². The Morgan fingerprint density at radius 2 is 1.96 bits per heavy atom. The van der Waals surface area contributed by atoms with Gasteiger partial charge in [-0.15, -0.1) is 0 Å².